The molecule has 0 bridgehead atoms. The van der Waals surface area contributed by atoms with Crippen LogP contribution in [-0.4, -0.2) is 29.4 Å². The van der Waals surface area contributed by atoms with Crippen molar-refractivity contribution in [1.82, 2.24) is 9.36 Å². The lowest BCUT2D eigenvalue weighted by Gasteiger charge is -2.02. The van der Waals surface area contributed by atoms with Crippen molar-refractivity contribution in [3.05, 3.63) is 41.0 Å². The topological polar surface area (TPSA) is 113 Å². The van der Waals surface area contributed by atoms with Crippen molar-refractivity contribution in [2.75, 3.05) is 11.1 Å². The van der Waals surface area contributed by atoms with Crippen LogP contribution < -0.4 is 5.32 Å². The SMILES string of the molecule is Cc1ccc(/C=C(/C#N)C(=O)Nc2nc(S(=O)(=O)CC(C)C)ns2)cc1. The predicted octanol–water partition coefficient (Wildman–Crippen LogP) is 2.82. The second kappa shape index (κ2) is 8.21. The summed E-state index contributed by atoms with van der Waals surface area (Å²) in [4.78, 5) is 16.1. The molecule has 0 unspecified atom stereocenters. The lowest BCUT2D eigenvalue weighted by molar-refractivity contribution is -0.112. The number of nitrogens with one attached hydrogen (secondary N) is 1. The smallest absolute Gasteiger partial charge is 0.268 e. The minimum Gasteiger partial charge on any atom is -0.296 e. The molecule has 0 saturated heterocycles. The number of nitriles is 1. The molecule has 1 heterocycles. The third-order valence-electron chi connectivity index (χ3n) is 3.21. The first-order valence-electron chi connectivity index (χ1n) is 7.77. The standard InChI is InChI=1S/C17H18N4O3S2/c1-11(2)10-26(23,24)17-20-16(25-21-17)19-15(22)14(9-18)8-13-6-4-12(3)5-7-13/h4-8,11H,10H2,1-3H3,(H,19,20,21,22)/b14-8-. The summed E-state index contributed by atoms with van der Waals surface area (Å²) in [7, 11) is -3.60. The van der Waals surface area contributed by atoms with Gasteiger partial charge in [-0.25, -0.2) is 8.42 Å². The van der Waals surface area contributed by atoms with Crippen LogP contribution >= 0.6 is 11.5 Å². The highest BCUT2D eigenvalue weighted by Gasteiger charge is 2.23. The minimum atomic E-state index is -3.60. The molecule has 2 rings (SSSR count). The van der Waals surface area contributed by atoms with E-state index >= 15 is 0 Å². The van der Waals surface area contributed by atoms with Gasteiger partial charge in [0, 0.05) is 11.5 Å². The molecule has 1 amide bonds. The third-order valence-corrected chi connectivity index (χ3v) is 5.80. The molecule has 26 heavy (non-hydrogen) atoms. The van der Waals surface area contributed by atoms with Crippen molar-refractivity contribution in [2.45, 2.75) is 25.9 Å². The summed E-state index contributed by atoms with van der Waals surface area (Å²) < 4.78 is 28.0. The molecule has 7 nitrogen and oxygen atoms in total. The summed E-state index contributed by atoms with van der Waals surface area (Å²) in [6.07, 6.45) is 1.45. The molecule has 9 heteroatoms. The normalized spacial score (nSPS) is 12.0. The molecule has 0 fully saturated rings. The maximum atomic E-state index is 12.2. The van der Waals surface area contributed by atoms with Crippen molar-refractivity contribution in [1.29, 1.82) is 5.26 Å². The van der Waals surface area contributed by atoms with Crippen LogP contribution in [0.2, 0.25) is 0 Å². The van der Waals surface area contributed by atoms with Gasteiger partial charge in [-0.2, -0.15) is 14.6 Å². The maximum absolute atomic E-state index is 12.2. The zero-order chi connectivity index (χ0) is 19.3. The van der Waals surface area contributed by atoms with Gasteiger partial charge in [-0.05, 0) is 24.5 Å². The van der Waals surface area contributed by atoms with E-state index in [0.29, 0.717) is 5.56 Å². The van der Waals surface area contributed by atoms with Crippen LogP contribution in [0.3, 0.4) is 0 Å². The van der Waals surface area contributed by atoms with Crippen molar-refractivity contribution < 1.29 is 13.2 Å². The average Bonchev–Trinajstić information content (AvgIpc) is 3.02. The minimum absolute atomic E-state index is 0.0300. The number of nitrogens with zero attached hydrogens (tertiary/aromatic N) is 3. The number of anilines is 1. The number of rotatable bonds is 6. The summed E-state index contributed by atoms with van der Waals surface area (Å²) in [5.41, 5.74) is 1.66. The van der Waals surface area contributed by atoms with Gasteiger partial charge >= 0.3 is 0 Å². The molecule has 0 radical (unpaired) electrons. The first-order chi connectivity index (χ1) is 12.2. The van der Waals surface area contributed by atoms with Gasteiger partial charge < -0.3 is 0 Å². The summed E-state index contributed by atoms with van der Waals surface area (Å²) in [6.45, 7) is 5.50. The Balaban J connectivity index is 2.16. The van der Waals surface area contributed by atoms with E-state index in [-0.39, 0.29) is 27.5 Å². The number of amides is 1. The second-order valence-electron chi connectivity index (χ2n) is 6.09. The largest absolute Gasteiger partial charge is 0.296 e. The van der Waals surface area contributed by atoms with Crippen molar-refractivity contribution in [3.63, 3.8) is 0 Å². The van der Waals surface area contributed by atoms with Gasteiger partial charge in [0.2, 0.25) is 15.0 Å². The number of aromatic nitrogens is 2. The fourth-order valence-corrected chi connectivity index (χ4v) is 4.39. The predicted molar refractivity (Wildman–Crippen MR) is 100 cm³/mol. The van der Waals surface area contributed by atoms with Crippen LogP contribution in [0.25, 0.3) is 6.08 Å². The Hall–Kier alpha value is -2.57. The zero-order valence-corrected chi connectivity index (χ0v) is 16.2. The highest BCUT2D eigenvalue weighted by molar-refractivity contribution is 7.91. The van der Waals surface area contributed by atoms with Gasteiger partial charge in [0.05, 0.1) is 5.75 Å². The monoisotopic (exact) mass is 390 g/mol. The number of benzene rings is 1. The Morgan fingerprint density at radius 1 is 1.35 bits per heavy atom. The molecule has 136 valence electrons. The molecule has 0 aliphatic carbocycles. The lowest BCUT2D eigenvalue weighted by Crippen LogP contribution is -2.15. The number of sulfone groups is 1. The number of carbonyl (C=O) groups is 1. The van der Waals surface area contributed by atoms with Crippen LogP contribution in [0.4, 0.5) is 5.13 Å². The number of hydrogen-bond donors (Lipinski definition) is 1. The van der Waals surface area contributed by atoms with E-state index < -0.39 is 15.7 Å². The molecule has 1 aromatic carbocycles. The fourth-order valence-electron chi connectivity index (χ4n) is 2.04. The Morgan fingerprint density at radius 2 is 2.00 bits per heavy atom. The first kappa shape index (κ1) is 19.8. The van der Waals surface area contributed by atoms with E-state index in [2.05, 4.69) is 14.7 Å². The van der Waals surface area contributed by atoms with E-state index in [1.165, 1.54) is 6.08 Å². The van der Waals surface area contributed by atoms with Crippen molar-refractivity contribution >= 4 is 38.5 Å². The van der Waals surface area contributed by atoms with Crippen molar-refractivity contribution in [2.24, 2.45) is 5.92 Å². The van der Waals surface area contributed by atoms with Gasteiger partial charge in [-0.3, -0.25) is 10.1 Å². The third kappa shape index (κ3) is 5.21. The highest BCUT2D eigenvalue weighted by Crippen LogP contribution is 2.18. The molecular weight excluding hydrogens is 372 g/mol. The fraction of sp³-hybridized carbons (Fsp3) is 0.294. The van der Waals surface area contributed by atoms with E-state index in [1.807, 2.05) is 25.1 Å². The maximum Gasteiger partial charge on any atom is 0.268 e. The van der Waals surface area contributed by atoms with Crippen LogP contribution in [0.5, 0.6) is 0 Å². The van der Waals surface area contributed by atoms with Gasteiger partial charge in [-0.1, -0.05) is 43.7 Å². The van der Waals surface area contributed by atoms with E-state index in [9.17, 15) is 18.5 Å². The van der Waals surface area contributed by atoms with Gasteiger partial charge in [0.25, 0.3) is 11.1 Å². The van der Waals surface area contributed by atoms with Gasteiger partial charge in [0.1, 0.15) is 11.6 Å². The molecule has 0 atom stereocenters. The van der Waals surface area contributed by atoms with Crippen LogP contribution in [0, 0.1) is 24.2 Å². The Kier molecular flexibility index (Phi) is 6.23. The summed E-state index contributed by atoms with van der Waals surface area (Å²) in [6, 6.07) is 9.16. The molecule has 0 aliphatic heterocycles. The van der Waals surface area contributed by atoms with Gasteiger partial charge in [0.15, 0.2) is 0 Å². The number of carbonyl (C=O) groups excluding carboxylic acids is 1. The van der Waals surface area contributed by atoms with E-state index in [1.54, 1.807) is 26.0 Å². The molecule has 0 aliphatic rings. The number of aryl methyl sites for hydroxylation is 1. The Labute approximate surface area is 156 Å². The molecule has 0 saturated carbocycles. The Bertz CT molecular complexity index is 968. The second-order valence-corrected chi connectivity index (χ2v) is 8.77. The molecule has 1 aromatic heterocycles. The Morgan fingerprint density at radius 3 is 2.58 bits per heavy atom. The van der Waals surface area contributed by atoms with E-state index in [4.69, 9.17) is 0 Å². The van der Waals surface area contributed by atoms with E-state index in [0.717, 1.165) is 17.1 Å². The summed E-state index contributed by atoms with van der Waals surface area (Å²) in [5.74, 6) is -0.810. The highest BCUT2D eigenvalue weighted by atomic mass is 32.2. The average molecular weight is 390 g/mol. The van der Waals surface area contributed by atoms with Crippen LogP contribution in [0.1, 0.15) is 25.0 Å². The molecule has 2 aromatic rings. The quantitative estimate of drug-likeness (QED) is 0.599. The zero-order valence-electron chi connectivity index (χ0n) is 14.6. The van der Waals surface area contributed by atoms with Crippen LogP contribution in [-0.2, 0) is 14.6 Å². The van der Waals surface area contributed by atoms with Crippen LogP contribution in [0.15, 0.2) is 35.0 Å². The summed E-state index contributed by atoms with van der Waals surface area (Å²) >= 11 is 0.759. The summed E-state index contributed by atoms with van der Waals surface area (Å²) in [5, 5.41) is 11.4. The molecule has 0 spiro atoms. The van der Waals surface area contributed by atoms with Crippen molar-refractivity contribution in [3.8, 4) is 6.07 Å². The van der Waals surface area contributed by atoms with Gasteiger partial charge in [-0.15, -0.1) is 0 Å². The molecule has 1 N–H and O–H groups in total. The first-order valence-corrected chi connectivity index (χ1v) is 10.2. The molecular formula is C17H18N4O3S2. The number of hydrogen-bond acceptors (Lipinski definition) is 7. The lowest BCUT2D eigenvalue weighted by atomic mass is 10.1.